The number of rotatable bonds is 7. The molecule has 0 spiro atoms. The van der Waals surface area contributed by atoms with E-state index in [-0.39, 0.29) is 11.2 Å². The van der Waals surface area contributed by atoms with Crippen molar-refractivity contribution < 1.29 is 9.21 Å². The third-order valence-electron chi connectivity index (χ3n) is 5.62. The molecule has 2 aromatic rings. The second-order valence-corrected chi connectivity index (χ2v) is 10.1. The van der Waals surface area contributed by atoms with Crippen LogP contribution in [0, 0.1) is 17.8 Å². The van der Waals surface area contributed by atoms with E-state index in [2.05, 4.69) is 29.1 Å². The van der Waals surface area contributed by atoms with Gasteiger partial charge in [0.15, 0.2) is 5.13 Å². The highest BCUT2D eigenvalue weighted by atomic mass is 32.2. The zero-order valence-electron chi connectivity index (χ0n) is 15.2. The van der Waals surface area contributed by atoms with Crippen LogP contribution in [0.1, 0.15) is 62.9 Å². The fraction of sp³-hybridized carbons (Fsp3) is 0.632. The predicted octanol–water partition coefficient (Wildman–Crippen LogP) is 5.31. The van der Waals surface area contributed by atoms with E-state index >= 15 is 0 Å². The van der Waals surface area contributed by atoms with Crippen LogP contribution < -0.4 is 5.32 Å². The molecule has 0 aromatic carbocycles. The molecule has 2 aliphatic carbocycles. The summed E-state index contributed by atoms with van der Waals surface area (Å²) in [6.07, 6.45) is 10.4. The number of carbonyl (C=O) groups is 1. The van der Waals surface area contributed by atoms with Crippen LogP contribution in [-0.4, -0.2) is 15.9 Å². The monoisotopic (exact) mass is 391 g/mol. The van der Waals surface area contributed by atoms with Gasteiger partial charge in [-0.1, -0.05) is 24.7 Å². The molecule has 0 aliphatic heterocycles. The van der Waals surface area contributed by atoms with Crippen molar-refractivity contribution in [2.24, 2.45) is 17.8 Å². The number of fused-ring (bicyclic) bond motifs is 2. The van der Waals surface area contributed by atoms with E-state index in [4.69, 9.17) is 4.42 Å². The van der Waals surface area contributed by atoms with Crippen LogP contribution in [0.15, 0.2) is 21.0 Å². The van der Waals surface area contributed by atoms with Crippen molar-refractivity contribution in [1.29, 1.82) is 0 Å². The van der Waals surface area contributed by atoms with Gasteiger partial charge < -0.3 is 9.73 Å². The number of aryl methyl sites for hydroxylation is 1. The molecular weight excluding hydrogens is 366 g/mol. The third kappa shape index (κ3) is 3.98. The number of nitrogens with zero attached hydrogens (tertiary/aromatic N) is 2. The first kappa shape index (κ1) is 18.0. The number of nitrogens with one attached hydrogen (secondary N) is 1. The Morgan fingerprint density at radius 1 is 1.38 bits per heavy atom. The van der Waals surface area contributed by atoms with Gasteiger partial charge in [0.1, 0.15) is 5.76 Å². The van der Waals surface area contributed by atoms with Crippen LogP contribution in [-0.2, 0) is 11.2 Å². The SMILES string of the molecule is CCc1cnc(C(C)Sc2cnc(NC(=O)CC3CC4CCC3C4)s2)o1. The Bertz CT molecular complexity index is 772. The van der Waals surface area contributed by atoms with Crippen molar-refractivity contribution in [1.82, 2.24) is 9.97 Å². The molecule has 26 heavy (non-hydrogen) atoms. The number of oxazole rings is 1. The summed E-state index contributed by atoms with van der Waals surface area (Å²) < 4.78 is 6.78. The average molecular weight is 392 g/mol. The lowest BCUT2D eigenvalue weighted by atomic mass is 9.86. The van der Waals surface area contributed by atoms with E-state index in [1.807, 2.05) is 6.20 Å². The molecule has 1 amide bonds. The van der Waals surface area contributed by atoms with Crippen LogP contribution in [0.25, 0.3) is 0 Å². The summed E-state index contributed by atoms with van der Waals surface area (Å²) >= 11 is 3.18. The van der Waals surface area contributed by atoms with Crippen molar-refractivity contribution in [3.05, 3.63) is 24.0 Å². The zero-order chi connectivity index (χ0) is 18.1. The van der Waals surface area contributed by atoms with E-state index in [1.165, 1.54) is 37.0 Å². The maximum absolute atomic E-state index is 12.4. The molecule has 7 heteroatoms. The van der Waals surface area contributed by atoms with Crippen molar-refractivity contribution in [2.75, 3.05) is 5.32 Å². The molecule has 2 aromatic heterocycles. The van der Waals surface area contributed by atoms with E-state index in [0.717, 1.165) is 34.1 Å². The Morgan fingerprint density at radius 3 is 2.96 bits per heavy atom. The topological polar surface area (TPSA) is 68.0 Å². The van der Waals surface area contributed by atoms with Crippen LogP contribution in [0.4, 0.5) is 5.13 Å². The highest BCUT2D eigenvalue weighted by Gasteiger charge is 2.40. The molecular formula is C19H25N3O2S2. The highest BCUT2D eigenvalue weighted by Crippen LogP contribution is 2.49. The van der Waals surface area contributed by atoms with Crippen molar-refractivity contribution in [3.8, 4) is 0 Å². The summed E-state index contributed by atoms with van der Waals surface area (Å²) in [4.78, 5) is 21.1. The molecule has 2 aliphatic rings. The molecule has 2 saturated carbocycles. The smallest absolute Gasteiger partial charge is 0.226 e. The molecule has 1 N–H and O–H groups in total. The summed E-state index contributed by atoms with van der Waals surface area (Å²) in [5, 5.41) is 3.80. The lowest BCUT2D eigenvalue weighted by Gasteiger charge is -2.20. The van der Waals surface area contributed by atoms with Crippen LogP contribution in [0.5, 0.6) is 0 Å². The zero-order valence-corrected chi connectivity index (χ0v) is 16.9. The summed E-state index contributed by atoms with van der Waals surface area (Å²) in [6.45, 7) is 4.12. The van der Waals surface area contributed by atoms with Gasteiger partial charge in [-0.05, 0) is 43.9 Å². The number of thiazole rings is 1. The van der Waals surface area contributed by atoms with Gasteiger partial charge in [-0.15, -0.1) is 11.8 Å². The first-order valence-electron chi connectivity index (χ1n) is 9.47. The van der Waals surface area contributed by atoms with Crippen LogP contribution in [0.3, 0.4) is 0 Å². The largest absolute Gasteiger partial charge is 0.445 e. The van der Waals surface area contributed by atoms with Crippen molar-refractivity contribution >= 4 is 34.1 Å². The van der Waals surface area contributed by atoms with Gasteiger partial charge in [0, 0.05) is 12.8 Å². The van der Waals surface area contributed by atoms with Gasteiger partial charge >= 0.3 is 0 Å². The Balaban J connectivity index is 1.29. The van der Waals surface area contributed by atoms with Crippen LogP contribution >= 0.6 is 23.1 Å². The van der Waals surface area contributed by atoms with Gasteiger partial charge in [-0.2, -0.15) is 0 Å². The first-order valence-corrected chi connectivity index (χ1v) is 11.2. The number of thioether (sulfide) groups is 1. The number of anilines is 1. The predicted molar refractivity (Wildman–Crippen MR) is 104 cm³/mol. The minimum atomic E-state index is 0.113. The number of hydrogen-bond donors (Lipinski definition) is 1. The Kier molecular flexibility index (Phi) is 5.36. The highest BCUT2D eigenvalue weighted by molar-refractivity contribution is 8.01. The average Bonchev–Trinajstić information content (AvgIpc) is 3.39. The lowest BCUT2D eigenvalue weighted by Crippen LogP contribution is -2.20. The minimum absolute atomic E-state index is 0.113. The quantitative estimate of drug-likeness (QED) is 0.648. The summed E-state index contributed by atoms with van der Waals surface area (Å²) in [6, 6.07) is 0. The third-order valence-corrected chi connectivity index (χ3v) is 7.76. The molecule has 2 heterocycles. The number of amides is 1. The second kappa shape index (κ2) is 7.72. The minimum Gasteiger partial charge on any atom is -0.445 e. The van der Waals surface area contributed by atoms with Gasteiger partial charge in [-0.3, -0.25) is 4.79 Å². The maximum Gasteiger partial charge on any atom is 0.226 e. The fourth-order valence-corrected chi connectivity index (χ4v) is 6.41. The molecule has 0 saturated heterocycles. The second-order valence-electron chi connectivity index (χ2n) is 7.45. The van der Waals surface area contributed by atoms with E-state index in [0.29, 0.717) is 17.5 Å². The molecule has 4 rings (SSSR count). The molecule has 5 nitrogen and oxygen atoms in total. The number of carbonyl (C=O) groups excluding carboxylic acids is 1. The van der Waals surface area contributed by atoms with Gasteiger partial charge in [0.2, 0.25) is 11.8 Å². The molecule has 2 fully saturated rings. The number of hydrogen-bond acceptors (Lipinski definition) is 6. The summed E-state index contributed by atoms with van der Waals surface area (Å²) in [7, 11) is 0. The van der Waals surface area contributed by atoms with Crippen molar-refractivity contribution in [3.63, 3.8) is 0 Å². The van der Waals surface area contributed by atoms with Crippen molar-refractivity contribution in [2.45, 2.75) is 61.8 Å². The molecule has 140 valence electrons. The molecule has 0 radical (unpaired) electrons. The Labute approximate surface area is 162 Å². The normalized spacial score (nSPS) is 25.5. The molecule has 4 atom stereocenters. The first-order chi connectivity index (χ1) is 12.6. The standard InChI is InChI=1S/C19H25N3O2S2/c1-3-15-9-20-18(24-15)11(2)25-17-10-21-19(26-17)22-16(23)8-14-7-12-4-5-13(14)6-12/h9-14H,3-8H2,1-2H3,(H,21,22,23). The van der Waals surface area contributed by atoms with E-state index in [1.54, 1.807) is 18.0 Å². The van der Waals surface area contributed by atoms with E-state index in [9.17, 15) is 4.79 Å². The van der Waals surface area contributed by atoms with Gasteiger partial charge in [0.25, 0.3) is 0 Å². The fourth-order valence-electron chi connectivity index (χ4n) is 4.31. The number of aromatic nitrogens is 2. The Morgan fingerprint density at radius 2 is 2.27 bits per heavy atom. The van der Waals surface area contributed by atoms with Crippen LogP contribution in [0.2, 0.25) is 0 Å². The summed E-state index contributed by atoms with van der Waals surface area (Å²) in [5.41, 5.74) is 0. The molecule has 4 unspecified atom stereocenters. The molecule has 2 bridgehead atoms. The summed E-state index contributed by atoms with van der Waals surface area (Å²) in [5.74, 6) is 4.00. The van der Waals surface area contributed by atoms with Gasteiger partial charge in [0.05, 0.1) is 21.9 Å². The van der Waals surface area contributed by atoms with E-state index < -0.39 is 0 Å². The maximum atomic E-state index is 12.4. The van der Waals surface area contributed by atoms with Gasteiger partial charge in [-0.25, -0.2) is 9.97 Å². The lowest BCUT2D eigenvalue weighted by molar-refractivity contribution is -0.117. The Hall–Kier alpha value is -1.34.